The summed E-state index contributed by atoms with van der Waals surface area (Å²) < 4.78 is 39.8. The van der Waals surface area contributed by atoms with Gasteiger partial charge in [-0.15, -0.1) is 0 Å². The maximum absolute atomic E-state index is 13.5. The first-order chi connectivity index (χ1) is 8.53. The Morgan fingerprint density at radius 3 is 2.67 bits per heavy atom. The van der Waals surface area contributed by atoms with Crippen LogP contribution in [-0.4, -0.2) is 20.1 Å². The normalized spacial score (nSPS) is 16.6. The van der Waals surface area contributed by atoms with E-state index in [2.05, 4.69) is 4.72 Å². The van der Waals surface area contributed by atoms with Crippen molar-refractivity contribution >= 4 is 10.0 Å². The van der Waals surface area contributed by atoms with Gasteiger partial charge in [0.2, 0.25) is 10.0 Å². The molecule has 1 aromatic carbocycles. The van der Waals surface area contributed by atoms with Crippen LogP contribution in [0.5, 0.6) is 0 Å². The number of rotatable bonds is 5. The molecule has 0 aromatic heterocycles. The maximum atomic E-state index is 13.5. The van der Waals surface area contributed by atoms with Gasteiger partial charge in [-0.25, -0.2) is 17.5 Å². The van der Waals surface area contributed by atoms with Crippen LogP contribution in [0.25, 0.3) is 0 Å². The van der Waals surface area contributed by atoms with E-state index in [1.807, 2.05) is 0 Å². The molecule has 0 heterocycles. The fourth-order valence-corrected chi connectivity index (χ4v) is 3.10. The van der Waals surface area contributed by atoms with Crippen molar-refractivity contribution in [2.75, 3.05) is 6.54 Å². The Morgan fingerprint density at radius 2 is 2.11 bits per heavy atom. The lowest BCUT2D eigenvalue weighted by molar-refractivity contribution is 0.281. The molecular formula is C12H16FNO3S. The topological polar surface area (TPSA) is 66.4 Å². The third-order valence-corrected chi connectivity index (χ3v) is 4.69. The van der Waals surface area contributed by atoms with Crippen LogP contribution in [0.3, 0.4) is 0 Å². The van der Waals surface area contributed by atoms with Crippen LogP contribution in [0.2, 0.25) is 0 Å². The smallest absolute Gasteiger partial charge is 0.243 e. The third-order valence-electron chi connectivity index (χ3n) is 3.25. The molecule has 1 saturated carbocycles. The Kier molecular flexibility index (Phi) is 3.99. The van der Waals surface area contributed by atoms with Crippen molar-refractivity contribution in [1.82, 2.24) is 4.72 Å². The van der Waals surface area contributed by atoms with Crippen molar-refractivity contribution < 1.29 is 17.9 Å². The van der Waals surface area contributed by atoms with Gasteiger partial charge >= 0.3 is 0 Å². The average Bonchev–Trinajstić information content (AvgIpc) is 2.27. The lowest BCUT2D eigenvalue weighted by Gasteiger charge is -2.25. The molecule has 2 rings (SSSR count). The summed E-state index contributed by atoms with van der Waals surface area (Å²) in [5.41, 5.74) is 0.375. The molecule has 0 spiro atoms. The molecule has 1 aromatic rings. The SMILES string of the molecule is O=S(=O)(NCC1CCC1)c1cc(CO)ccc1F. The van der Waals surface area contributed by atoms with Crippen molar-refractivity contribution in [3.63, 3.8) is 0 Å². The minimum atomic E-state index is -3.83. The zero-order chi connectivity index (χ0) is 13.2. The van der Waals surface area contributed by atoms with E-state index in [4.69, 9.17) is 5.11 Å². The molecule has 2 N–H and O–H groups in total. The van der Waals surface area contributed by atoms with E-state index in [9.17, 15) is 12.8 Å². The molecule has 1 aliphatic carbocycles. The highest BCUT2D eigenvalue weighted by atomic mass is 32.2. The highest BCUT2D eigenvalue weighted by Gasteiger charge is 2.23. The van der Waals surface area contributed by atoms with Gasteiger partial charge in [-0.3, -0.25) is 0 Å². The summed E-state index contributed by atoms with van der Waals surface area (Å²) in [6, 6.07) is 3.59. The van der Waals surface area contributed by atoms with E-state index in [1.54, 1.807) is 0 Å². The van der Waals surface area contributed by atoms with Crippen molar-refractivity contribution in [3.05, 3.63) is 29.6 Å². The molecule has 4 nitrogen and oxygen atoms in total. The Labute approximate surface area is 106 Å². The zero-order valence-electron chi connectivity index (χ0n) is 9.89. The maximum Gasteiger partial charge on any atom is 0.243 e. The summed E-state index contributed by atoms with van der Waals surface area (Å²) >= 11 is 0. The molecule has 0 radical (unpaired) electrons. The molecule has 1 fully saturated rings. The quantitative estimate of drug-likeness (QED) is 0.852. The molecule has 0 bridgehead atoms. The predicted octanol–water partition coefficient (Wildman–Crippen LogP) is 1.40. The van der Waals surface area contributed by atoms with E-state index in [0.29, 0.717) is 18.0 Å². The number of sulfonamides is 1. The standard InChI is InChI=1S/C12H16FNO3S/c13-11-5-4-10(8-15)6-12(11)18(16,17)14-7-9-2-1-3-9/h4-6,9,14-15H,1-3,7-8H2. The number of hydrogen-bond acceptors (Lipinski definition) is 3. The molecule has 0 saturated heterocycles. The minimum absolute atomic E-state index is 0.314. The zero-order valence-corrected chi connectivity index (χ0v) is 10.7. The van der Waals surface area contributed by atoms with Crippen molar-refractivity contribution in [3.8, 4) is 0 Å². The molecule has 0 unspecified atom stereocenters. The first-order valence-electron chi connectivity index (χ1n) is 5.92. The highest BCUT2D eigenvalue weighted by molar-refractivity contribution is 7.89. The summed E-state index contributed by atoms with van der Waals surface area (Å²) in [6.45, 7) is 0.0382. The number of halogens is 1. The second-order valence-corrected chi connectivity index (χ2v) is 6.31. The average molecular weight is 273 g/mol. The summed E-state index contributed by atoms with van der Waals surface area (Å²) in [5.74, 6) is -0.433. The molecule has 6 heteroatoms. The summed E-state index contributed by atoms with van der Waals surface area (Å²) in [6.07, 6.45) is 3.16. The molecule has 0 aliphatic heterocycles. The van der Waals surface area contributed by atoms with Gasteiger partial charge in [-0.05, 0) is 36.5 Å². The van der Waals surface area contributed by atoms with Gasteiger partial charge in [-0.1, -0.05) is 12.5 Å². The minimum Gasteiger partial charge on any atom is -0.392 e. The molecule has 0 atom stereocenters. The second-order valence-electron chi connectivity index (χ2n) is 4.57. The number of benzene rings is 1. The Hall–Kier alpha value is -0.980. The second kappa shape index (κ2) is 5.34. The first-order valence-corrected chi connectivity index (χ1v) is 7.40. The van der Waals surface area contributed by atoms with E-state index < -0.39 is 20.7 Å². The van der Waals surface area contributed by atoms with Crippen LogP contribution in [0.4, 0.5) is 4.39 Å². The molecule has 1 aliphatic rings. The molecule has 18 heavy (non-hydrogen) atoms. The largest absolute Gasteiger partial charge is 0.392 e. The van der Waals surface area contributed by atoms with Gasteiger partial charge in [-0.2, -0.15) is 0 Å². The van der Waals surface area contributed by atoms with Gasteiger partial charge in [0.1, 0.15) is 10.7 Å². The van der Waals surface area contributed by atoms with Crippen molar-refractivity contribution in [1.29, 1.82) is 0 Å². The van der Waals surface area contributed by atoms with Crippen LogP contribution in [0, 0.1) is 11.7 Å². The fourth-order valence-electron chi connectivity index (χ4n) is 1.85. The number of aliphatic hydroxyl groups is 1. The van der Waals surface area contributed by atoms with Crippen LogP contribution in [0.1, 0.15) is 24.8 Å². The van der Waals surface area contributed by atoms with Crippen LogP contribution >= 0.6 is 0 Å². The number of nitrogens with one attached hydrogen (secondary N) is 1. The Morgan fingerprint density at radius 1 is 1.39 bits per heavy atom. The van der Waals surface area contributed by atoms with Gasteiger partial charge in [0.25, 0.3) is 0 Å². The monoisotopic (exact) mass is 273 g/mol. The fraction of sp³-hybridized carbons (Fsp3) is 0.500. The van der Waals surface area contributed by atoms with Gasteiger partial charge in [0, 0.05) is 6.54 Å². The summed E-state index contributed by atoms with van der Waals surface area (Å²) in [5, 5.41) is 8.95. The number of hydrogen-bond donors (Lipinski definition) is 2. The highest BCUT2D eigenvalue weighted by Crippen LogP contribution is 2.26. The van der Waals surface area contributed by atoms with Crippen LogP contribution in [0.15, 0.2) is 23.1 Å². The van der Waals surface area contributed by atoms with Crippen LogP contribution in [-0.2, 0) is 16.6 Å². The van der Waals surface area contributed by atoms with Crippen molar-refractivity contribution in [2.24, 2.45) is 5.92 Å². The van der Waals surface area contributed by atoms with Crippen molar-refractivity contribution in [2.45, 2.75) is 30.8 Å². The Balaban J connectivity index is 2.16. The van der Waals surface area contributed by atoms with E-state index in [1.165, 1.54) is 12.1 Å². The first kappa shape index (κ1) is 13.5. The van der Waals surface area contributed by atoms with E-state index in [0.717, 1.165) is 25.3 Å². The van der Waals surface area contributed by atoms with Crippen LogP contribution < -0.4 is 4.72 Å². The third kappa shape index (κ3) is 2.88. The predicted molar refractivity (Wildman–Crippen MR) is 64.9 cm³/mol. The summed E-state index contributed by atoms with van der Waals surface area (Å²) in [7, 11) is -3.83. The summed E-state index contributed by atoms with van der Waals surface area (Å²) in [4.78, 5) is -0.395. The molecule has 0 amide bonds. The van der Waals surface area contributed by atoms with Gasteiger partial charge in [0.05, 0.1) is 6.61 Å². The molecular weight excluding hydrogens is 257 g/mol. The van der Waals surface area contributed by atoms with Gasteiger partial charge in [0.15, 0.2) is 0 Å². The molecule has 100 valence electrons. The lowest BCUT2D eigenvalue weighted by atomic mass is 9.86. The lowest BCUT2D eigenvalue weighted by Crippen LogP contribution is -2.32. The Bertz CT molecular complexity index is 526. The number of aliphatic hydroxyl groups excluding tert-OH is 1. The van der Waals surface area contributed by atoms with Gasteiger partial charge < -0.3 is 5.11 Å². The van der Waals surface area contributed by atoms with E-state index in [-0.39, 0.29) is 6.61 Å². The van der Waals surface area contributed by atoms with E-state index >= 15 is 0 Å².